The Kier molecular flexibility index (Phi) is 27.1. The van der Waals surface area contributed by atoms with E-state index >= 15 is 0 Å². The molecule has 0 aliphatic carbocycles. The summed E-state index contributed by atoms with van der Waals surface area (Å²) < 4.78 is 0. The predicted octanol–water partition coefficient (Wildman–Crippen LogP) is 7.47. The molecule has 0 aromatic rings. The summed E-state index contributed by atoms with van der Waals surface area (Å²) in [4.78, 5) is 14.8. The molecule has 4 heteroatoms. The number of unbranched alkanes of at least 4 members (excludes halogenated alkanes) is 17. The van der Waals surface area contributed by atoms with Crippen molar-refractivity contribution in [1.29, 1.82) is 0 Å². The molecular formula is C29H61N3O. The van der Waals surface area contributed by atoms with Crippen molar-refractivity contribution in [3.05, 3.63) is 0 Å². The van der Waals surface area contributed by atoms with Gasteiger partial charge in [-0.1, -0.05) is 130 Å². The maximum Gasteiger partial charge on any atom is 0.234 e. The molecule has 0 aliphatic heterocycles. The largest absolute Gasteiger partial charge is 0.354 e. The molecule has 0 rings (SSSR count). The first kappa shape index (κ1) is 32.4. The maximum absolute atomic E-state index is 12.4. The van der Waals surface area contributed by atoms with E-state index in [-0.39, 0.29) is 5.91 Å². The predicted molar refractivity (Wildman–Crippen MR) is 147 cm³/mol. The van der Waals surface area contributed by atoms with Gasteiger partial charge in [0.25, 0.3) is 0 Å². The van der Waals surface area contributed by atoms with Crippen LogP contribution in [0.15, 0.2) is 0 Å². The van der Waals surface area contributed by atoms with Gasteiger partial charge in [-0.15, -0.1) is 0 Å². The number of nitrogens with one attached hydrogen (secondary N) is 2. The molecule has 4 nitrogen and oxygen atoms in total. The van der Waals surface area contributed by atoms with Gasteiger partial charge < -0.3 is 10.6 Å². The molecule has 0 aliphatic rings. The first-order chi connectivity index (χ1) is 16.2. The van der Waals surface area contributed by atoms with Crippen LogP contribution in [0, 0.1) is 0 Å². The second kappa shape index (κ2) is 27.6. The fourth-order valence-electron chi connectivity index (χ4n) is 4.46. The highest BCUT2D eigenvalue weighted by Crippen LogP contribution is 2.12. The van der Waals surface area contributed by atoms with Crippen LogP contribution >= 0.6 is 0 Å². The molecule has 0 saturated carbocycles. The number of rotatable bonds is 27. The van der Waals surface area contributed by atoms with E-state index < -0.39 is 0 Å². The van der Waals surface area contributed by atoms with Crippen LogP contribution in [-0.2, 0) is 4.79 Å². The van der Waals surface area contributed by atoms with Crippen molar-refractivity contribution in [3.63, 3.8) is 0 Å². The van der Waals surface area contributed by atoms with Crippen LogP contribution < -0.4 is 10.6 Å². The van der Waals surface area contributed by atoms with Crippen LogP contribution in [0.3, 0.4) is 0 Å². The van der Waals surface area contributed by atoms with Crippen LogP contribution in [0.4, 0.5) is 0 Å². The summed E-state index contributed by atoms with van der Waals surface area (Å²) in [6.45, 7) is 11.9. The molecule has 0 saturated heterocycles. The second-order valence-corrected chi connectivity index (χ2v) is 9.99. The summed E-state index contributed by atoms with van der Waals surface area (Å²) in [5.41, 5.74) is 0. The Morgan fingerprint density at radius 3 is 1.33 bits per heavy atom. The van der Waals surface area contributed by atoms with Gasteiger partial charge in [0, 0.05) is 13.1 Å². The summed E-state index contributed by atoms with van der Waals surface area (Å²) in [6, 6.07) is 0. The third-order valence-electron chi connectivity index (χ3n) is 6.65. The molecule has 0 bridgehead atoms. The number of hydrogen-bond donors (Lipinski definition) is 2. The molecule has 33 heavy (non-hydrogen) atoms. The van der Waals surface area contributed by atoms with Gasteiger partial charge in [0.2, 0.25) is 5.91 Å². The zero-order valence-corrected chi connectivity index (χ0v) is 23.0. The van der Waals surface area contributed by atoms with Gasteiger partial charge in [0.15, 0.2) is 0 Å². The minimum absolute atomic E-state index is 0.191. The van der Waals surface area contributed by atoms with Gasteiger partial charge in [-0.25, -0.2) is 0 Å². The van der Waals surface area contributed by atoms with E-state index in [0.717, 1.165) is 32.7 Å². The Hall–Kier alpha value is -0.610. The number of carbonyl (C=O) groups is 1. The Bertz CT molecular complexity index is 389. The summed E-state index contributed by atoms with van der Waals surface area (Å²) >= 11 is 0. The average Bonchev–Trinajstić information content (AvgIpc) is 2.81. The highest BCUT2D eigenvalue weighted by molar-refractivity contribution is 5.77. The van der Waals surface area contributed by atoms with E-state index in [0.29, 0.717) is 6.54 Å². The minimum atomic E-state index is 0.191. The normalized spacial score (nSPS) is 11.4. The summed E-state index contributed by atoms with van der Waals surface area (Å²) in [6.07, 6.45) is 25.9. The van der Waals surface area contributed by atoms with Gasteiger partial charge in [0.1, 0.15) is 0 Å². The molecule has 0 aromatic heterocycles. The lowest BCUT2D eigenvalue weighted by Crippen LogP contribution is -2.40. The van der Waals surface area contributed by atoms with E-state index in [1.165, 1.54) is 122 Å². The third kappa shape index (κ3) is 25.8. The zero-order chi connectivity index (χ0) is 24.2. The van der Waals surface area contributed by atoms with E-state index in [1.807, 2.05) is 0 Å². The van der Waals surface area contributed by atoms with Crippen molar-refractivity contribution in [2.45, 2.75) is 143 Å². The first-order valence-corrected chi connectivity index (χ1v) is 14.9. The first-order valence-electron chi connectivity index (χ1n) is 14.9. The Morgan fingerprint density at radius 2 is 0.939 bits per heavy atom. The fourth-order valence-corrected chi connectivity index (χ4v) is 4.46. The lowest BCUT2D eigenvalue weighted by Gasteiger charge is -2.22. The zero-order valence-electron chi connectivity index (χ0n) is 23.0. The van der Waals surface area contributed by atoms with Gasteiger partial charge in [-0.3, -0.25) is 9.69 Å². The van der Waals surface area contributed by atoms with Crippen molar-refractivity contribution >= 4 is 5.91 Å². The molecule has 0 spiro atoms. The Morgan fingerprint density at radius 1 is 0.545 bits per heavy atom. The number of likely N-dealkylation sites (N-methyl/N-ethyl adjacent to an activating group) is 1. The molecule has 0 radical (unpaired) electrons. The number of amides is 1. The van der Waals surface area contributed by atoms with Crippen molar-refractivity contribution in [2.24, 2.45) is 0 Å². The van der Waals surface area contributed by atoms with Gasteiger partial charge >= 0.3 is 0 Å². The highest BCUT2D eigenvalue weighted by atomic mass is 16.2. The molecule has 0 atom stereocenters. The van der Waals surface area contributed by atoms with E-state index in [1.54, 1.807) is 0 Å². The van der Waals surface area contributed by atoms with Gasteiger partial charge in [-0.2, -0.15) is 0 Å². The van der Waals surface area contributed by atoms with Crippen molar-refractivity contribution in [2.75, 3.05) is 39.3 Å². The Balaban J connectivity index is 3.96. The smallest absolute Gasteiger partial charge is 0.234 e. The SMILES string of the molecule is CCCCCCCCCCCCN(CCCCCCCCCCC)CC(=O)NCCNCC. The monoisotopic (exact) mass is 467 g/mol. The molecule has 0 unspecified atom stereocenters. The molecule has 0 fully saturated rings. The van der Waals surface area contributed by atoms with Crippen LogP contribution in [0.2, 0.25) is 0 Å². The molecular weight excluding hydrogens is 406 g/mol. The fraction of sp³-hybridized carbons (Fsp3) is 0.966. The Labute approximate surface area is 208 Å². The number of nitrogens with zero attached hydrogens (tertiary/aromatic N) is 1. The van der Waals surface area contributed by atoms with Crippen LogP contribution in [0.25, 0.3) is 0 Å². The van der Waals surface area contributed by atoms with Gasteiger partial charge in [-0.05, 0) is 32.5 Å². The van der Waals surface area contributed by atoms with E-state index in [4.69, 9.17) is 0 Å². The molecule has 0 heterocycles. The standard InChI is InChI=1S/C29H61N3O/c1-4-7-9-11-13-15-17-19-21-23-27-32(28-29(33)31-25-24-30-6-3)26-22-20-18-16-14-12-10-8-5-2/h30H,4-28H2,1-3H3,(H,31,33). The third-order valence-corrected chi connectivity index (χ3v) is 6.65. The van der Waals surface area contributed by atoms with E-state index in [2.05, 4.69) is 36.3 Å². The summed E-state index contributed by atoms with van der Waals surface area (Å²) in [5.74, 6) is 0.191. The second-order valence-electron chi connectivity index (χ2n) is 9.99. The van der Waals surface area contributed by atoms with Crippen molar-refractivity contribution < 1.29 is 4.79 Å². The topological polar surface area (TPSA) is 44.4 Å². The van der Waals surface area contributed by atoms with Crippen LogP contribution in [0.5, 0.6) is 0 Å². The minimum Gasteiger partial charge on any atom is -0.354 e. The molecule has 1 amide bonds. The van der Waals surface area contributed by atoms with Crippen LogP contribution in [-0.4, -0.2) is 50.1 Å². The van der Waals surface area contributed by atoms with E-state index in [9.17, 15) is 4.79 Å². The number of carbonyl (C=O) groups excluding carboxylic acids is 1. The lowest BCUT2D eigenvalue weighted by atomic mass is 10.1. The highest BCUT2D eigenvalue weighted by Gasteiger charge is 2.10. The quantitative estimate of drug-likeness (QED) is 0.123. The molecule has 2 N–H and O–H groups in total. The van der Waals surface area contributed by atoms with Gasteiger partial charge in [0.05, 0.1) is 6.54 Å². The lowest BCUT2D eigenvalue weighted by molar-refractivity contribution is -0.122. The molecule has 0 aromatic carbocycles. The molecule has 198 valence electrons. The summed E-state index contributed by atoms with van der Waals surface area (Å²) in [7, 11) is 0. The average molecular weight is 468 g/mol. The summed E-state index contributed by atoms with van der Waals surface area (Å²) in [5, 5.41) is 6.35. The van der Waals surface area contributed by atoms with Crippen molar-refractivity contribution in [1.82, 2.24) is 15.5 Å². The van der Waals surface area contributed by atoms with Crippen molar-refractivity contribution in [3.8, 4) is 0 Å². The maximum atomic E-state index is 12.4. The number of hydrogen-bond acceptors (Lipinski definition) is 3. The van der Waals surface area contributed by atoms with Crippen LogP contribution in [0.1, 0.15) is 143 Å².